The molecule has 0 unspecified atom stereocenters. The average molecular weight is 322 g/mol. The number of carbonyl (C=O) groups is 1. The predicted octanol–water partition coefficient (Wildman–Crippen LogP) is 3.40. The van der Waals surface area contributed by atoms with Crippen molar-refractivity contribution in [2.24, 2.45) is 0 Å². The van der Waals surface area contributed by atoms with Crippen LogP contribution in [0.2, 0.25) is 0 Å². The van der Waals surface area contributed by atoms with Gasteiger partial charge in [0.1, 0.15) is 10.2 Å². The highest BCUT2D eigenvalue weighted by Gasteiger charge is 2.23. The molecule has 2 aromatic rings. The van der Waals surface area contributed by atoms with E-state index in [1.807, 2.05) is 5.38 Å². The summed E-state index contributed by atoms with van der Waals surface area (Å²) in [4.78, 5) is 16.2. The summed E-state index contributed by atoms with van der Waals surface area (Å²) in [6.07, 6.45) is 2.55. The van der Waals surface area contributed by atoms with E-state index in [0.717, 1.165) is 34.2 Å². The average Bonchev–Trinajstić information content (AvgIpc) is 3.16. The Hall–Kier alpha value is -1.40. The molecule has 1 aliphatic carbocycles. The predicted molar refractivity (Wildman–Crippen MR) is 82.9 cm³/mol. The van der Waals surface area contributed by atoms with Gasteiger partial charge in [-0.1, -0.05) is 23.9 Å². The van der Waals surface area contributed by atoms with Gasteiger partial charge in [0.15, 0.2) is 0 Å². The van der Waals surface area contributed by atoms with Crippen LogP contribution in [0.25, 0.3) is 0 Å². The normalized spacial score (nSPS) is 14.1. The van der Waals surface area contributed by atoms with Gasteiger partial charge in [-0.2, -0.15) is 0 Å². The number of benzene rings is 1. The standard InChI is InChI=1S/C15H15FN2OS2/c16-11-3-1-10(2-4-11)8-20-15-18-13(9-21-15)7-14(19)17-12-5-6-12/h1-4,9,12H,5-8H2,(H,17,19). The van der Waals surface area contributed by atoms with Gasteiger partial charge in [-0.3, -0.25) is 4.79 Å². The lowest BCUT2D eigenvalue weighted by atomic mass is 10.2. The van der Waals surface area contributed by atoms with Crippen LogP contribution in [0.5, 0.6) is 0 Å². The van der Waals surface area contributed by atoms with Crippen molar-refractivity contribution >= 4 is 29.0 Å². The molecule has 1 saturated carbocycles. The monoisotopic (exact) mass is 322 g/mol. The van der Waals surface area contributed by atoms with Crippen LogP contribution in [0.3, 0.4) is 0 Å². The number of hydrogen-bond donors (Lipinski definition) is 1. The van der Waals surface area contributed by atoms with Crippen molar-refractivity contribution in [1.29, 1.82) is 0 Å². The maximum Gasteiger partial charge on any atom is 0.226 e. The van der Waals surface area contributed by atoms with E-state index in [0.29, 0.717) is 12.5 Å². The third-order valence-corrected chi connectivity index (χ3v) is 5.23. The Morgan fingerprint density at radius 1 is 1.38 bits per heavy atom. The number of thioether (sulfide) groups is 1. The van der Waals surface area contributed by atoms with E-state index >= 15 is 0 Å². The minimum absolute atomic E-state index is 0.0536. The Bertz CT molecular complexity index is 623. The Kier molecular flexibility index (Phi) is 4.55. The largest absolute Gasteiger partial charge is 0.353 e. The lowest BCUT2D eigenvalue weighted by Gasteiger charge is -2.00. The van der Waals surface area contributed by atoms with Gasteiger partial charge < -0.3 is 5.32 Å². The zero-order valence-electron chi connectivity index (χ0n) is 11.3. The molecule has 1 fully saturated rings. The molecule has 110 valence electrons. The number of nitrogens with zero attached hydrogens (tertiary/aromatic N) is 1. The van der Waals surface area contributed by atoms with Crippen molar-refractivity contribution in [1.82, 2.24) is 10.3 Å². The molecule has 0 aliphatic heterocycles. The van der Waals surface area contributed by atoms with E-state index in [4.69, 9.17) is 0 Å². The molecule has 3 rings (SSSR count). The molecule has 0 radical (unpaired) electrons. The lowest BCUT2D eigenvalue weighted by molar-refractivity contribution is -0.120. The smallest absolute Gasteiger partial charge is 0.226 e. The van der Waals surface area contributed by atoms with Crippen molar-refractivity contribution in [3.63, 3.8) is 0 Å². The zero-order chi connectivity index (χ0) is 14.7. The quantitative estimate of drug-likeness (QED) is 0.829. The minimum Gasteiger partial charge on any atom is -0.353 e. The van der Waals surface area contributed by atoms with Crippen LogP contribution in [-0.4, -0.2) is 16.9 Å². The van der Waals surface area contributed by atoms with E-state index in [1.54, 1.807) is 35.2 Å². The molecular weight excluding hydrogens is 307 g/mol. The van der Waals surface area contributed by atoms with Gasteiger partial charge in [0.25, 0.3) is 0 Å². The molecule has 0 bridgehead atoms. The number of nitrogens with one attached hydrogen (secondary N) is 1. The van der Waals surface area contributed by atoms with E-state index in [1.165, 1.54) is 12.1 Å². The van der Waals surface area contributed by atoms with E-state index in [9.17, 15) is 9.18 Å². The fourth-order valence-electron chi connectivity index (χ4n) is 1.83. The van der Waals surface area contributed by atoms with Crippen LogP contribution < -0.4 is 5.32 Å². The van der Waals surface area contributed by atoms with Gasteiger partial charge in [0, 0.05) is 17.2 Å². The second-order valence-electron chi connectivity index (χ2n) is 5.04. The fraction of sp³-hybridized carbons (Fsp3) is 0.333. The highest BCUT2D eigenvalue weighted by Crippen LogP contribution is 2.26. The first kappa shape index (κ1) is 14.5. The fourth-order valence-corrected chi connectivity index (χ4v) is 3.63. The number of rotatable bonds is 6. The van der Waals surface area contributed by atoms with E-state index in [2.05, 4.69) is 10.3 Å². The summed E-state index contributed by atoms with van der Waals surface area (Å²) in [6, 6.07) is 6.87. The highest BCUT2D eigenvalue weighted by atomic mass is 32.2. The van der Waals surface area contributed by atoms with Crippen molar-refractivity contribution in [3.8, 4) is 0 Å². The van der Waals surface area contributed by atoms with Crippen LogP contribution in [0.4, 0.5) is 4.39 Å². The van der Waals surface area contributed by atoms with Crippen LogP contribution in [-0.2, 0) is 17.0 Å². The Balaban J connectivity index is 1.49. The molecule has 1 aromatic carbocycles. The zero-order valence-corrected chi connectivity index (χ0v) is 13.0. The maximum atomic E-state index is 12.8. The summed E-state index contributed by atoms with van der Waals surface area (Å²) < 4.78 is 13.8. The summed E-state index contributed by atoms with van der Waals surface area (Å²) in [5, 5.41) is 4.89. The second-order valence-corrected chi connectivity index (χ2v) is 7.12. The van der Waals surface area contributed by atoms with Crippen molar-refractivity contribution in [3.05, 3.63) is 46.7 Å². The van der Waals surface area contributed by atoms with Gasteiger partial charge in [-0.15, -0.1) is 11.3 Å². The molecule has 1 amide bonds. The molecule has 1 N–H and O–H groups in total. The topological polar surface area (TPSA) is 42.0 Å². The maximum absolute atomic E-state index is 12.8. The van der Waals surface area contributed by atoms with Crippen LogP contribution in [0, 0.1) is 5.82 Å². The van der Waals surface area contributed by atoms with Crippen molar-refractivity contribution in [2.45, 2.75) is 35.4 Å². The van der Waals surface area contributed by atoms with Gasteiger partial charge in [0.2, 0.25) is 5.91 Å². The molecule has 1 heterocycles. The summed E-state index contributed by atoms with van der Waals surface area (Å²) in [5.74, 6) is 0.585. The Labute approximate surface area is 131 Å². The first-order valence-corrected chi connectivity index (χ1v) is 8.66. The number of amides is 1. The van der Waals surface area contributed by atoms with Gasteiger partial charge in [0.05, 0.1) is 12.1 Å². The summed E-state index contributed by atoms with van der Waals surface area (Å²) in [6.45, 7) is 0. The highest BCUT2D eigenvalue weighted by molar-refractivity contribution is 8.00. The molecule has 1 aromatic heterocycles. The molecule has 0 saturated heterocycles. The molecule has 21 heavy (non-hydrogen) atoms. The lowest BCUT2D eigenvalue weighted by Crippen LogP contribution is -2.27. The summed E-state index contributed by atoms with van der Waals surface area (Å²) in [7, 11) is 0. The number of halogens is 1. The van der Waals surface area contributed by atoms with Gasteiger partial charge in [-0.25, -0.2) is 9.37 Å². The Morgan fingerprint density at radius 3 is 2.86 bits per heavy atom. The SMILES string of the molecule is O=C(Cc1csc(SCc2ccc(F)cc2)n1)NC1CC1. The second kappa shape index (κ2) is 6.58. The molecular formula is C15H15FN2OS2. The van der Waals surface area contributed by atoms with E-state index in [-0.39, 0.29) is 11.7 Å². The van der Waals surface area contributed by atoms with Gasteiger partial charge >= 0.3 is 0 Å². The molecule has 0 atom stereocenters. The van der Waals surface area contributed by atoms with Crippen molar-refractivity contribution in [2.75, 3.05) is 0 Å². The first-order valence-electron chi connectivity index (χ1n) is 6.80. The van der Waals surface area contributed by atoms with Crippen LogP contribution in [0.1, 0.15) is 24.1 Å². The van der Waals surface area contributed by atoms with Crippen LogP contribution in [0.15, 0.2) is 34.0 Å². The number of thiazole rings is 1. The molecule has 0 spiro atoms. The Morgan fingerprint density at radius 2 is 2.14 bits per heavy atom. The number of hydrogen-bond acceptors (Lipinski definition) is 4. The third-order valence-electron chi connectivity index (χ3n) is 3.09. The van der Waals surface area contributed by atoms with E-state index < -0.39 is 0 Å². The van der Waals surface area contributed by atoms with Crippen molar-refractivity contribution < 1.29 is 9.18 Å². The number of carbonyl (C=O) groups excluding carboxylic acids is 1. The summed E-state index contributed by atoms with van der Waals surface area (Å²) in [5.41, 5.74) is 1.88. The molecule has 6 heteroatoms. The minimum atomic E-state index is -0.220. The van der Waals surface area contributed by atoms with Crippen LogP contribution >= 0.6 is 23.1 Å². The third kappa shape index (κ3) is 4.54. The van der Waals surface area contributed by atoms with Gasteiger partial charge in [-0.05, 0) is 30.5 Å². The summed E-state index contributed by atoms with van der Waals surface area (Å²) >= 11 is 3.15. The molecule has 3 nitrogen and oxygen atoms in total. The molecule has 1 aliphatic rings. The number of aromatic nitrogens is 1. The first-order chi connectivity index (χ1) is 10.2.